The molecule has 0 nitrogen and oxygen atoms in total. The van der Waals surface area contributed by atoms with Gasteiger partial charge in [-0.2, -0.15) is 0 Å². The summed E-state index contributed by atoms with van der Waals surface area (Å²) in [6.45, 7) is 14.3. The molecule has 0 bridgehead atoms. The third-order valence-electron chi connectivity index (χ3n) is 9.51. The third kappa shape index (κ3) is 8.89. The summed E-state index contributed by atoms with van der Waals surface area (Å²) >= 11 is 5.59. The van der Waals surface area contributed by atoms with Crippen molar-refractivity contribution >= 4 is 111 Å². The van der Waals surface area contributed by atoms with E-state index in [0.717, 1.165) is 15.8 Å². The normalized spacial score (nSPS) is 13.9. The predicted molar refractivity (Wildman–Crippen MR) is 221 cm³/mol. The zero-order chi connectivity index (χ0) is 33.0. The third-order valence-corrected chi connectivity index (χ3v) is 27.8. The molecule has 0 amide bonds. The van der Waals surface area contributed by atoms with Gasteiger partial charge in [0.15, 0.2) is 0 Å². The van der Waals surface area contributed by atoms with Crippen molar-refractivity contribution in [3.8, 4) is 20.9 Å². The van der Waals surface area contributed by atoms with Crippen LogP contribution >= 0.6 is 45.3 Å². The Balaban J connectivity index is 1.69. The van der Waals surface area contributed by atoms with Crippen molar-refractivity contribution in [3.63, 3.8) is 0 Å². The molecular formula is C40H56S4Sn2. The number of benzene rings is 1. The van der Waals surface area contributed by atoms with Gasteiger partial charge < -0.3 is 0 Å². The average Bonchev–Trinajstić information content (AvgIpc) is 3.82. The Morgan fingerprint density at radius 3 is 1.61 bits per heavy atom. The molecule has 6 heteroatoms. The van der Waals surface area contributed by atoms with Crippen LogP contribution < -0.4 is 5.79 Å². The standard InChI is InChI=1S/C34H40S4.C3H7.3CH3.2Sn/c1-5-9-11-23(7-3)21-25-13-15-29(37-25)31-27-17-19-36-34(27)32(28-18-20-35-33(28)31)30-16-14-26(38-30)22-24(8-4)12-10-6-2;1-3-2;;;;;/h13-18,23-24H,5-12,21-22H2,1-4H3;3H,1-2H3;3*1H3;;. The summed E-state index contributed by atoms with van der Waals surface area (Å²) in [7, 11) is 0. The molecule has 5 aromatic rings. The maximum absolute atomic E-state index is 2.68. The van der Waals surface area contributed by atoms with Crippen molar-refractivity contribution in [1.82, 2.24) is 0 Å². The van der Waals surface area contributed by atoms with Crippen LogP contribution in [-0.2, 0) is 12.8 Å². The van der Waals surface area contributed by atoms with Gasteiger partial charge in [-0.15, -0.1) is 0 Å². The molecule has 2 unspecified atom stereocenters. The molecule has 0 saturated heterocycles. The van der Waals surface area contributed by atoms with Crippen LogP contribution in [0, 0.1) is 11.8 Å². The summed E-state index contributed by atoms with van der Waals surface area (Å²) in [5.74, 6) is 1.62. The minimum absolute atomic E-state index is 0.630. The molecule has 0 aliphatic heterocycles. The van der Waals surface area contributed by atoms with E-state index in [2.05, 4.69) is 138 Å². The van der Waals surface area contributed by atoms with E-state index in [4.69, 9.17) is 0 Å². The first-order chi connectivity index (χ1) is 22.1. The molecule has 248 valence electrons. The second-order valence-corrected chi connectivity index (χ2v) is 41.3. The fourth-order valence-electron chi connectivity index (χ4n) is 6.68. The van der Waals surface area contributed by atoms with Gasteiger partial charge in [-0.25, -0.2) is 0 Å². The summed E-state index contributed by atoms with van der Waals surface area (Å²) in [6, 6.07) is 15.3. The van der Waals surface area contributed by atoms with E-state index in [-0.39, 0.29) is 0 Å². The van der Waals surface area contributed by atoms with Crippen LogP contribution in [0.5, 0.6) is 0 Å². The van der Waals surface area contributed by atoms with Gasteiger partial charge in [0.05, 0.1) is 0 Å². The van der Waals surface area contributed by atoms with Gasteiger partial charge in [0.1, 0.15) is 0 Å². The van der Waals surface area contributed by atoms with E-state index in [1.54, 1.807) is 46.8 Å². The van der Waals surface area contributed by atoms with Gasteiger partial charge in [0.25, 0.3) is 0 Å². The van der Waals surface area contributed by atoms with E-state index < -0.39 is 39.5 Å². The Bertz CT molecular complexity index is 1590. The van der Waals surface area contributed by atoms with E-state index >= 15 is 0 Å². The van der Waals surface area contributed by atoms with Crippen molar-refractivity contribution in [2.75, 3.05) is 0 Å². The number of rotatable bonds is 17. The van der Waals surface area contributed by atoms with Gasteiger partial charge in [0, 0.05) is 0 Å². The second-order valence-electron chi connectivity index (χ2n) is 14.8. The van der Waals surface area contributed by atoms with Crippen molar-refractivity contribution in [2.45, 2.75) is 125 Å². The van der Waals surface area contributed by atoms with Crippen LogP contribution in [0.2, 0.25) is 18.8 Å². The maximum atomic E-state index is 2.68. The molecule has 2 atom stereocenters. The summed E-state index contributed by atoms with van der Waals surface area (Å²) in [5, 5.41) is 3.10. The summed E-state index contributed by atoms with van der Waals surface area (Å²) in [6.07, 6.45) is 13.1. The quantitative estimate of drug-likeness (QED) is 0.0816. The second kappa shape index (κ2) is 16.9. The molecule has 1 aromatic carbocycles. The first kappa shape index (κ1) is 37.4. The van der Waals surface area contributed by atoms with E-state index in [1.165, 1.54) is 74.0 Å². The molecule has 0 N–H and O–H groups in total. The topological polar surface area (TPSA) is 0 Å². The molecule has 0 saturated carbocycles. The average molecular weight is 903 g/mol. The fourth-order valence-corrected chi connectivity index (χ4v) is 21.9. The molecule has 4 aromatic heterocycles. The Morgan fingerprint density at radius 2 is 1.15 bits per heavy atom. The van der Waals surface area contributed by atoms with E-state index in [9.17, 15) is 0 Å². The minimum atomic E-state index is -2.31. The summed E-state index contributed by atoms with van der Waals surface area (Å²) in [4.78, 5) is 14.0. The van der Waals surface area contributed by atoms with E-state index in [0.29, 0.717) is 0 Å². The number of unbranched alkanes of at least 4 members (excludes halogenated alkanes) is 2. The van der Waals surface area contributed by atoms with Crippen LogP contribution in [0.3, 0.4) is 0 Å². The Labute approximate surface area is 310 Å². The Hall–Kier alpha value is 0.137. The number of hydrogen-bond acceptors (Lipinski definition) is 4. The van der Waals surface area contributed by atoms with Crippen LogP contribution in [-0.4, -0.2) is 39.5 Å². The van der Waals surface area contributed by atoms with Crippen LogP contribution in [0.1, 0.15) is 103 Å². The van der Waals surface area contributed by atoms with E-state index in [1.807, 2.05) is 0 Å². The molecule has 4 heterocycles. The summed E-state index contributed by atoms with van der Waals surface area (Å²) < 4.78 is 7.40. The summed E-state index contributed by atoms with van der Waals surface area (Å²) in [5.41, 5.74) is 3.12. The van der Waals surface area contributed by atoms with Gasteiger partial charge in [0.2, 0.25) is 0 Å². The molecule has 0 aliphatic rings. The number of fused-ring (bicyclic) bond motifs is 2. The van der Waals surface area contributed by atoms with Gasteiger partial charge in [-0.05, 0) is 0 Å². The molecule has 0 spiro atoms. The molecule has 5 rings (SSSR count). The predicted octanol–water partition coefficient (Wildman–Crippen LogP) is 13.8. The zero-order valence-corrected chi connectivity index (χ0v) is 38.9. The zero-order valence-electron chi connectivity index (χ0n) is 29.9. The van der Waals surface area contributed by atoms with Crippen LogP contribution in [0.15, 0.2) is 36.4 Å². The molecule has 2 radical (unpaired) electrons. The molecular weight excluding hydrogens is 846 g/mol. The van der Waals surface area contributed by atoms with Crippen molar-refractivity contribution in [2.24, 2.45) is 11.8 Å². The van der Waals surface area contributed by atoms with Crippen molar-refractivity contribution in [1.29, 1.82) is 0 Å². The molecule has 46 heavy (non-hydrogen) atoms. The molecule has 0 aliphatic carbocycles. The molecule has 0 fully saturated rings. The van der Waals surface area contributed by atoms with Gasteiger partial charge >= 0.3 is 300 Å². The van der Waals surface area contributed by atoms with Crippen LogP contribution in [0.25, 0.3) is 41.1 Å². The Kier molecular flexibility index (Phi) is 13.7. The Morgan fingerprint density at radius 1 is 0.652 bits per heavy atom. The number of hydrogen-bond donors (Lipinski definition) is 0. The van der Waals surface area contributed by atoms with Crippen molar-refractivity contribution in [3.05, 3.63) is 46.2 Å². The monoisotopic (exact) mass is 904 g/mol. The van der Waals surface area contributed by atoms with Crippen LogP contribution in [0.4, 0.5) is 0 Å². The van der Waals surface area contributed by atoms with Crippen molar-refractivity contribution < 1.29 is 0 Å². The SMILES string of the molecule is CCCCC(CC)Cc1ccc(-c2c3c[c]([Sn]([CH3])([CH3])[CH3])sc3c(-c3ccc(CC(CC)CCCC)s3)c3c[c]([Sn][CH](C)C)sc23)s1. The first-order valence-electron chi connectivity index (χ1n) is 18.0. The first-order valence-corrected chi connectivity index (χ1v) is 34.4. The van der Waals surface area contributed by atoms with Gasteiger partial charge in [-0.1, -0.05) is 13.8 Å². The number of thiophene rings is 4. The fraction of sp³-hybridized carbons (Fsp3) is 0.550. The van der Waals surface area contributed by atoms with Gasteiger partial charge in [-0.3, -0.25) is 0 Å².